The average Bonchev–Trinajstić information content (AvgIpc) is 2.01. The highest BCUT2D eigenvalue weighted by atomic mass is 15.0. The van der Waals surface area contributed by atoms with Crippen molar-refractivity contribution < 1.29 is 0 Å². The lowest BCUT2D eigenvalue weighted by Gasteiger charge is -2.15. The van der Waals surface area contributed by atoms with Gasteiger partial charge in [0, 0.05) is 12.6 Å². The smallest absolute Gasteiger partial charge is 0.0164 e. The molecular weight excluding hydrogens is 136 g/mol. The third-order valence-corrected chi connectivity index (χ3v) is 2.02. The van der Waals surface area contributed by atoms with Gasteiger partial charge in [0.1, 0.15) is 0 Å². The Bertz CT molecular complexity index is 83.6. The fourth-order valence-electron chi connectivity index (χ4n) is 0.925. The van der Waals surface area contributed by atoms with Crippen LogP contribution in [0.4, 0.5) is 0 Å². The van der Waals surface area contributed by atoms with E-state index in [0.717, 1.165) is 19.0 Å². The molecule has 0 saturated heterocycles. The van der Waals surface area contributed by atoms with E-state index < -0.39 is 0 Å². The van der Waals surface area contributed by atoms with Crippen molar-refractivity contribution in [3.8, 4) is 0 Å². The predicted octanol–water partition coefficient (Wildman–Crippen LogP) is 1.23. The zero-order valence-corrected chi connectivity index (χ0v) is 8.28. The van der Waals surface area contributed by atoms with Crippen molar-refractivity contribution in [3.05, 3.63) is 0 Å². The molecule has 0 saturated carbocycles. The summed E-state index contributed by atoms with van der Waals surface area (Å²) in [7, 11) is 1.99. The molecule has 0 aromatic rings. The van der Waals surface area contributed by atoms with Gasteiger partial charge in [-0.25, -0.2) is 0 Å². The molecule has 0 aliphatic rings. The van der Waals surface area contributed by atoms with E-state index in [1.165, 1.54) is 6.42 Å². The molecule has 2 heteroatoms. The van der Waals surface area contributed by atoms with Gasteiger partial charge in [-0.05, 0) is 26.4 Å². The second kappa shape index (κ2) is 6.62. The van der Waals surface area contributed by atoms with Crippen LogP contribution >= 0.6 is 0 Å². The molecular formula is C9H22N2. The van der Waals surface area contributed by atoms with E-state index in [9.17, 15) is 0 Å². The van der Waals surface area contributed by atoms with E-state index in [2.05, 4.69) is 31.4 Å². The first-order valence-electron chi connectivity index (χ1n) is 4.58. The van der Waals surface area contributed by atoms with Crippen LogP contribution in [0.1, 0.15) is 27.2 Å². The van der Waals surface area contributed by atoms with Gasteiger partial charge in [-0.3, -0.25) is 0 Å². The highest BCUT2D eigenvalue weighted by Gasteiger charge is 2.01. The molecule has 2 N–H and O–H groups in total. The zero-order valence-electron chi connectivity index (χ0n) is 8.28. The number of nitrogens with one attached hydrogen (secondary N) is 2. The number of rotatable bonds is 6. The van der Waals surface area contributed by atoms with Crippen LogP contribution in [-0.2, 0) is 0 Å². The summed E-state index contributed by atoms with van der Waals surface area (Å²) in [6.45, 7) is 8.91. The molecule has 0 spiro atoms. The minimum absolute atomic E-state index is 0.592. The zero-order chi connectivity index (χ0) is 8.69. The molecule has 0 heterocycles. The summed E-state index contributed by atoms with van der Waals surface area (Å²) < 4.78 is 0. The van der Waals surface area contributed by atoms with Gasteiger partial charge < -0.3 is 10.6 Å². The second-order valence-electron chi connectivity index (χ2n) is 3.38. The van der Waals surface area contributed by atoms with Gasteiger partial charge in [0.15, 0.2) is 0 Å². The molecule has 0 aromatic heterocycles. The molecule has 2 atom stereocenters. The molecule has 0 aliphatic carbocycles. The van der Waals surface area contributed by atoms with Crippen LogP contribution in [0.15, 0.2) is 0 Å². The van der Waals surface area contributed by atoms with Crippen LogP contribution < -0.4 is 10.6 Å². The fourth-order valence-corrected chi connectivity index (χ4v) is 0.925. The maximum atomic E-state index is 3.47. The standard InChI is InChI=1S/C9H22N2/c1-5-8(2)6-11-9(3)7-10-4/h8-11H,5-7H2,1-4H3. The maximum Gasteiger partial charge on any atom is 0.0164 e. The summed E-state index contributed by atoms with van der Waals surface area (Å²) >= 11 is 0. The molecule has 0 aromatic carbocycles. The molecule has 0 aliphatic heterocycles. The molecule has 2 nitrogen and oxygen atoms in total. The van der Waals surface area contributed by atoms with Crippen LogP contribution in [0.3, 0.4) is 0 Å². The Morgan fingerprint density at radius 1 is 1.18 bits per heavy atom. The molecule has 0 amide bonds. The Labute approximate surface area is 70.8 Å². The largest absolute Gasteiger partial charge is 0.318 e. The van der Waals surface area contributed by atoms with Crippen LogP contribution in [0.25, 0.3) is 0 Å². The van der Waals surface area contributed by atoms with Crippen LogP contribution in [0.5, 0.6) is 0 Å². The third kappa shape index (κ3) is 6.32. The molecule has 0 rings (SSSR count). The summed E-state index contributed by atoms with van der Waals surface area (Å²) in [6.07, 6.45) is 1.26. The van der Waals surface area contributed by atoms with Gasteiger partial charge in [0.25, 0.3) is 0 Å². The van der Waals surface area contributed by atoms with Gasteiger partial charge in [-0.1, -0.05) is 20.3 Å². The molecule has 0 bridgehead atoms. The van der Waals surface area contributed by atoms with E-state index in [-0.39, 0.29) is 0 Å². The highest BCUT2D eigenvalue weighted by molar-refractivity contribution is 4.64. The van der Waals surface area contributed by atoms with Gasteiger partial charge in [0.2, 0.25) is 0 Å². The number of hydrogen-bond donors (Lipinski definition) is 2. The molecule has 0 radical (unpaired) electrons. The monoisotopic (exact) mass is 158 g/mol. The van der Waals surface area contributed by atoms with E-state index in [0.29, 0.717) is 6.04 Å². The minimum Gasteiger partial charge on any atom is -0.318 e. The lowest BCUT2D eigenvalue weighted by Crippen LogP contribution is -2.37. The van der Waals surface area contributed by atoms with Crippen molar-refractivity contribution in [1.29, 1.82) is 0 Å². The number of hydrogen-bond acceptors (Lipinski definition) is 2. The Balaban J connectivity index is 3.22. The number of likely N-dealkylation sites (N-methyl/N-ethyl adjacent to an activating group) is 1. The van der Waals surface area contributed by atoms with Crippen LogP contribution in [-0.4, -0.2) is 26.2 Å². The third-order valence-electron chi connectivity index (χ3n) is 2.02. The lowest BCUT2D eigenvalue weighted by molar-refractivity contribution is 0.444. The van der Waals surface area contributed by atoms with E-state index in [1.807, 2.05) is 7.05 Å². The van der Waals surface area contributed by atoms with Gasteiger partial charge in [-0.2, -0.15) is 0 Å². The Hall–Kier alpha value is -0.0800. The van der Waals surface area contributed by atoms with Crippen molar-refractivity contribution in [3.63, 3.8) is 0 Å². The lowest BCUT2D eigenvalue weighted by atomic mass is 10.1. The van der Waals surface area contributed by atoms with Crippen LogP contribution in [0, 0.1) is 5.92 Å². The SMILES string of the molecule is CCC(C)CNC(C)CNC. The quantitative estimate of drug-likeness (QED) is 0.607. The summed E-state index contributed by atoms with van der Waals surface area (Å²) in [5, 5.41) is 6.62. The average molecular weight is 158 g/mol. The Kier molecular flexibility index (Phi) is 6.57. The van der Waals surface area contributed by atoms with Gasteiger partial charge >= 0.3 is 0 Å². The molecule has 2 unspecified atom stereocenters. The summed E-state index contributed by atoms with van der Waals surface area (Å²) in [6, 6.07) is 0.592. The second-order valence-corrected chi connectivity index (χ2v) is 3.38. The van der Waals surface area contributed by atoms with Crippen molar-refractivity contribution >= 4 is 0 Å². The summed E-state index contributed by atoms with van der Waals surface area (Å²) in [5.74, 6) is 0.800. The first-order valence-corrected chi connectivity index (χ1v) is 4.58. The first kappa shape index (κ1) is 10.9. The minimum atomic E-state index is 0.592. The molecule has 68 valence electrons. The highest BCUT2D eigenvalue weighted by Crippen LogP contribution is 1.97. The van der Waals surface area contributed by atoms with Crippen molar-refractivity contribution in [2.75, 3.05) is 20.1 Å². The van der Waals surface area contributed by atoms with E-state index in [1.54, 1.807) is 0 Å². The summed E-state index contributed by atoms with van der Waals surface area (Å²) in [4.78, 5) is 0. The van der Waals surface area contributed by atoms with E-state index >= 15 is 0 Å². The van der Waals surface area contributed by atoms with Crippen molar-refractivity contribution in [2.24, 2.45) is 5.92 Å². The normalized spacial score (nSPS) is 16.4. The van der Waals surface area contributed by atoms with Crippen molar-refractivity contribution in [2.45, 2.75) is 33.2 Å². The maximum absolute atomic E-state index is 3.47. The first-order chi connectivity index (χ1) is 5.20. The molecule has 0 fully saturated rings. The fraction of sp³-hybridized carbons (Fsp3) is 1.00. The topological polar surface area (TPSA) is 24.1 Å². The van der Waals surface area contributed by atoms with Gasteiger partial charge in [-0.15, -0.1) is 0 Å². The van der Waals surface area contributed by atoms with Gasteiger partial charge in [0.05, 0.1) is 0 Å². The van der Waals surface area contributed by atoms with Crippen molar-refractivity contribution in [1.82, 2.24) is 10.6 Å². The Morgan fingerprint density at radius 2 is 1.82 bits per heavy atom. The summed E-state index contributed by atoms with van der Waals surface area (Å²) in [5.41, 5.74) is 0. The predicted molar refractivity (Wildman–Crippen MR) is 50.8 cm³/mol. The Morgan fingerprint density at radius 3 is 2.27 bits per heavy atom. The molecule has 11 heavy (non-hydrogen) atoms. The van der Waals surface area contributed by atoms with Crippen LogP contribution in [0.2, 0.25) is 0 Å². The van der Waals surface area contributed by atoms with E-state index in [4.69, 9.17) is 0 Å².